The number of fused-ring (bicyclic) bond motifs is 3. The van der Waals surface area contributed by atoms with E-state index in [2.05, 4.69) is 0 Å². The van der Waals surface area contributed by atoms with Crippen LogP contribution in [0.4, 0.5) is 0 Å². The van der Waals surface area contributed by atoms with Crippen LogP contribution in [0.5, 0.6) is 0 Å². The number of nitrogens with zero attached hydrogens (tertiary/aromatic N) is 1. The number of aliphatic hydroxyl groups excluding tert-OH is 3. The maximum Gasteiger partial charge on any atom is 0.329 e. The Hall–Kier alpha value is -3.41. The van der Waals surface area contributed by atoms with Crippen LogP contribution in [-0.2, 0) is 47.7 Å². The number of aliphatic hydroxyl groups is 4. The molecule has 4 N–H and O–H groups in total. The van der Waals surface area contributed by atoms with E-state index in [4.69, 9.17) is 23.7 Å². The number of esters is 1. The second-order valence-electron chi connectivity index (χ2n) is 19.9. The topological polar surface area (TPSA) is 216 Å². The van der Waals surface area contributed by atoms with Gasteiger partial charge < -0.3 is 49.0 Å². The van der Waals surface area contributed by atoms with Crippen LogP contribution >= 0.6 is 0 Å². The molecule has 4 aliphatic rings. The third-order valence-corrected chi connectivity index (χ3v) is 14.6. The predicted octanol–water partition coefficient (Wildman–Crippen LogP) is 5.54. The van der Waals surface area contributed by atoms with E-state index in [1.165, 1.54) is 7.11 Å². The summed E-state index contributed by atoms with van der Waals surface area (Å²) in [7, 11) is 2.99. The molecular formula is C52H81NO14. The van der Waals surface area contributed by atoms with E-state index in [1.54, 1.807) is 60.0 Å². The molecule has 1 amide bonds. The van der Waals surface area contributed by atoms with Crippen molar-refractivity contribution < 1.29 is 68.1 Å². The summed E-state index contributed by atoms with van der Waals surface area (Å²) in [5.41, 5.74) is 0.998. The van der Waals surface area contributed by atoms with Gasteiger partial charge in [-0.2, -0.15) is 0 Å². The summed E-state index contributed by atoms with van der Waals surface area (Å²) in [5.74, 6) is -8.25. The fourth-order valence-electron chi connectivity index (χ4n) is 10.2. The van der Waals surface area contributed by atoms with E-state index in [0.29, 0.717) is 62.5 Å². The molecule has 3 heterocycles. The highest BCUT2D eigenvalue weighted by atomic mass is 16.6. The fraction of sp³-hybridized carbons (Fsp3) is 0.750. The van der Waals surface area contributed by atoms with Crippen molar-refractivity contribution in [3.05, 3.63) is 47.6 Å². The molecule has 1 saturated carbocycles. The number of amides is 1. The Morgan fingerprint density at radius 1 is 0.866 bits per heavy atom. The largest absolute Gasteiger partial charge is 0.460 e. The Labute approximate surface area is 398 Å². The van der Waals surface area contributed by atoms with E-state index in [-0.39, 0.29) is 80.5 Å². The molecule has 1 aliphatic carbocycles. The minimum Gasteiger partial charge on any atom is -0.460 e. The first-order valence-electron chi connectivity index (χ1n) is 24.6. The van der Waals surface area contributed by atoms with Crippen LogP contribution in [0.15, 0.2) is 47.6 Å². The van der Waals surface area contributed by atoms with Gasteiger partial charge in [-0.05, 0) is 107 Å². The van der Waals surface area contributed by atoms with Gasteiger partial charge >= 0.3 is 5.97 Å². The van der Waals surface area contributed by atoms with Crippen LogP contribution in [0.2, 0.25) is 0 Å². The number of hydrogen-bond donors (Lipinski definition) is 4. The number of carbonyl (C=O) groups excluding carboxylic acids is 5. The fourth-order valence-corrected chi connectivity index (χ4v) is 10.2. The Kier molecular flexibility index (Phi) is 22.3. The van der Waals surface area contributed by atoms with Gasteiger partial charge in [0, 0.05) is 51.4 Å². The molecule has 3 aliphatic heterocycles. The van der Waals surface area contributed by atoms with Crippen molar-refractivity contribution in [1.29, 1.82) is 0 Å². The van der Waals surface area contributed by atoms with Crippen molar-refractivity contribution in [3.8, 4) is 0 Å². The first kappa shape index (κ1) is 56.2. The Morgan fingerprint density at radius 3 is 2.28 bits per heavy atom. The first-order valence-corrected chi connectivity index (χ1v) is 24.6. The van der Waals surface area contributed by atoms with Crippen LogP contribution in [0.3, 0.4) is 0 Å². The van der Waals surface area contributed by atoms with Gasteiger partial charge in [0.2, 0.25) is 5.79 Å². The van der Waals surface area contributed by atoms with Crippen molar-refractivity contribution in [3.63, 3.8) is 0 Å². The monoisotopic (exact) mass is 944 g/mol. The van der Waals surface area contributed by atoms with Crippen LogP contribution in [0.1, 0.15) is 126 Å². The van der Waals surface area contributed by atoms with Gasteiger partial charge in [0.25, 0.3) is 11.7 Å². The van der Waals surface area contributed by atoms with Gasteiger partial charge in [-0.3, -0.25) is 19.2 Å². The molecule has 0 spiro atoms. The molecule has 0 aromatic heterocycles. The summed E-state index contributed by atoms with van der Waals surface area (Å²) in [4.78, 5) is 71.8. The number of ketones is 3. The summed E-state index contributed by atoms with van der Waals surface area (Å²) in [6, 6.07) is -1.16. The summed E-state index contributed by atoms with van der Waals surface area (Å²) in [6.45, 7) is 12.6. The molecule has 67 heavy (non-hydrogen) atoms. The summed E-state index contributed by atoms with van der Waals surface area (Å²) < 4.78 is 29.5. The highest BCUT2D eigenvalue weighted by Gasteiger charge is 2.53. The van der Waals surface area contributed by atoms with Crippen LogP contribution in [-0.4, -0.2) is 143 Å². The van der Waals surface area contributed by atoms with E-state index >= 15 is 0 Å². The summed E-state index contributed by atoms with van der Waals surface area (Å²) in [6.07, 6.45) is 10.3. The molecule has 2 bridgehead atoms. The number of piperidine rings is 1. The number of methoxy groups -OCH3 is 2. The highest BCUT2D eigenvalue weighted by Crippen LogP contribution is 2.38. The second-order valence-corrected chi connectivity index (χ2v) is 19.9. The van der Waals surface area contributed by atoms with Crippen molar-refractivity contribution in [2.75, 3.05) is 34.0 Å². The second kappa shape index (κ2) is 26.5. The zero-order valence-electron chi connectivity index (χ0n) is 41.5. The lowest BCUT2D eigenvalue weighted by molar-refractivity contribution is -0.265. The minimum absolute atomic E-state index is 0.00840. The van der Waals surface area contributed by atoms with Crippen molar-refractivity contribution in [2.24, 2.45) is 35.5 Å². The lowest BCUT2D eigenvalue weighted by atomic mass is 9.78. The van der Waals surface area contributed by atoms with E-state index < -0.39 is 77.8 Å². The zero-order chi connectivity index (χ0) is 49.6. The van der Waals surface area contributed by atoms with Gasteiger partial charge in [-0.25, -0.2) is 4.79 Å². The van der Waals surface area contributed by atoms with Gasteiger partial charge in [0.1, 0.15) is 30.1 Å². The molecule has 15 heteroatoms. The molecular weight excluding hydrogens is 863 g/mol. The minimum atomic E-state index is -2.49. The lowest BCUT2D eigenvalue weighted by Crippen LogP contribution is -2.61. The molecule has 0 radical (unpaired) electrons. The average Bonchev–Trinajstić information content (AvgIpc) is 3.30. The summed E-state index contributed by atoms with van der Waals surface area (Å²) >= 11 is 0. The van der Waals surface area contributed by atoms with Gasteiger partial charge in [0.15, 0.2) is 5.78 Å². The van der Waals surface area contributed by atoms with Crippen LogP contribution in [0, 0.1) is 35.5 Å². The molecule has 3 fully saturated rings. The van der Waals surface area contributed by atoms with Crippen molar-refractivity contribution >= 4 is 29.2 Å². The quantitative estimate of drug-likeness (QED) is 0.134. The SMILES string of the molecule is CO[C@@H]1C[C@H](C[C@@H](C)[C@@H]2CC(=O)[C@H](C)/C=C(\C)[C@@H](O)[C@@H](OC)C(=O)[C@H](C)C[C@H](C)\C=C/C=C\C=C(\C)[C@@H](O)C[C@@H]3CC[C@@H](C)[C@@](O)(O3)C(=O)C(=O)N3CCCC[C@H]3C(=O)O2)CC[C@H]1OCCO. The Bertz CT molecular complexity index is 1790. The number of ether oxygens (including phenoxy) is 5. The number of cyclic esters (lactones) is 1. The molecule has 0 aromatic carbocycles. The zero-order valence-corrected chi connectivity index (χ0v) is 41.5. The van der Waals surface area contributed by atoms with Crippen LogP contribution in [0.25, 0.3) is 0 Å². The Morgan fingerprint density at radius 2 is 1.60 bits per heavy atom. The maximum absolute atomic E-state index is 14.4. The standard InChI is InChI=1S/C52H81NO14/c1-31-15-11-10-12-16-32(2)41(55)29-39-20-18-37(7)52(62,67-39)49(59)50(60)53-22-14-13-17-40(53)51(61)66-44(34(4)27-38-19-21-43(65-24-23-54)45(28-38)63-8)30-42(56)33(3)26-36(6)47(58)48(64-9)46(57)35(5)25-31/h10-12,15-16,26,31,33-35,37-41,43-45,47-48,54-55,58,62H,13-14,17-25,27-30H2,1-9H3/b12-10-,15-11-,32-16-,36-26+/t31-,33-,34-,35-,37-,38+,39+,40+,41+,43-,44+,45-,47-,48+,52-/m1/s1. The number of hydrogen-bond acceptors (Lipinski definition) is 14. The number of Topliss-reactive ketones (excluding diaryl/α,β-unsaturated/α-hetero) is 3. The van der Waals surface area contributed by atoms with Crippen LogP contribution < -0.4 is 0 Å². The third-order valence-electron chi connectivity index (χ3n) is 14.6. The number of allylic oxidation sites excluding steroid dienone is 6. The molecule has 2 saturated heterocycles. The molecule has 378 valence electrons. The number of carbonyl (C=O) groups is 5. The lowest BCUT2D eigenvalue weighted by Gasteiger charge is -2.42. The molecule has 15 atom stereocenters. The highest BCUT2D eigenvalue weighted by molar-refractivity contribution is 6.39. The summed E-state index contributed by atoms with van der Waals surface area (Å²) in [5, 5.41) is 43.8. The molecule has 0 unspecified atom stereocenters. The predicted molar refractivity (Wildman–Crippen MR) is 251 cm³/mol. The molecule has 0 aromatic rings. The molecule has 4 rings (SSSR count). The van der Waals surface area contributed by atoms with Gasteiger partial charge in [0.05, 0.1) is 37.6 Å². The van der Waals surface area contributed by atoms with Crippen molar-refractivity contribution in [1.82, 2.24) is 4.90 Å². The van der Waals surface area contributed by atoms with E-state index in [0.717, 1.165) is 11.3 Å². The normalized spacial score (nSPS) is 39.6. The third kappa shape index (κ3) is 15.3. The van der Waals surface area contributed by atoms with E-state index in [1.807, 2.05) is 32.1 Å². The maximum atomic E-state index is 14.4. The van der Waals surface area contributed by atoms with E-state index in [9.17, 15) is 44.4 Å². The number of rotatable bonds is 8. The Balaban J connectivity index is 1.68. The van der Waals surface area contributed by atoms with Gasteiger partial charge in [-0.15, -0.1) is 0 Å². The molecule has 15 nitrogen and oxygen atoms in total. The van der Waals surface area contributed by atoms with Gasteiger partial charge in [-0.1, -0.05) is 71.1 Å². The first-order chi connectivity index (χ1) is 31.7. The average molecular weight is 944 g/mol. The smallest absolute Gasteiger partial charge is 0.329 e. The van der Waals surface area contributed by atoms with Crippen molar-refractivity contribution in [2.45, 2.75) is 180 Å².